The lowest BCUT2D eigenvalue weighted by molar-refractivity contribution is -0.131. The van der Waals surface area contributed by atoms with Gasteiger partial charge in [0.25, 0.3) is 0 Å². The number of hydrogen-bond acceptors (Lipinski definition) is 6. The molecule has 8 heteroatoms. The molecule has 2 aliphatic heterocycles. The van der Waals surface area contributed by atoms with Gasteiger partial charge in [0.2, 0.25) is 5.91 Å². The summed E-state index contributed by atoms with van der Waals surface area (Å²) in [6.07, 6.45) is 0. The summed E-state index contributed by atoms with van der Waals surface area (Å²) in [5.41, 5.74) is 0.219. The Morgan fingerprint density at radius 3 is 2.89 bits per heavy atom. The molecule has 0 radical (unpaired) electrons. The van der Waals surface area contributed by atoms with Crippen LogP contribution in [0.5, 0.6) is 0 Å². The number of carbonyl (C=O) groups is 1. The molecule has 0 spiro atoms. The maximum Gasteiger partial charge on any atom is 0.324 e. The van der Waals surface area contributed by atoms with E-state index in [2.05, 4.69) is 15.5 Å². The first-order valence-electron chi connectivity index (χ1n) is 9.17. The Labute approximate surface area is 156 Å². The van der Waals surface area contributed by atoms with E-state index in [9.17, 15) is 9.18 Å². The number of aromatic nitrogens is 2. The van der Waals surface area contributed by atoms with Gasteiger partial charge in [-0.25, -0.2) is 4.39 Å². The zero-order chi connectivity index (χ0) is 19.0. The van der Waals surface area contributed by atoms with E-state index in [0.717, 1.165) is 5.56 Å². The number of benzene rings is 1. The second-order valence-corrected chi connectivity index (χ2v) is 7.65. The van der Waals surface area contributed by atoms with Gasteiger partial charge in [-0.05, 0) is 17.7 Å². The molecule has 1 N–H and O–H groups in total. The Morgan fingerprint density at radius 2 is 2.19 bits per heavy atom. The molecule has 2 atom stereocenters. The van der Waals surface area contributed by atoms with E-state index >= 15 is 0 Å². The molecule has 1 aromatic carbocycles. The molecule has 27 heavy (non-hydrogen) atoms. The smallest absolute Gasteiger partial charge is 0.324 e. The van der Waals surface area contributed by atoms with Gasteiger partial charge in [-0.1, -0.05) is 31.1 Å². The number of fused-ring (bicyclic) bond motifs is 1. The van der Waals surface area contributed by atoms with Gasteiger partial charge >= 0.3 is 6.01 Å². The van der Waals surface area contributed by atoms with Crippen molar-refractivity contribution in [3.8, 4) is 0 Å². The monoisotopic (exact) mass is 374 g/mol. The summed E-state index contributed by atoms with van der Waals surface area (Å²) < 4.78 is 24.1. The highest BCUT2D eigenvalue weighted by molar-refractivity contribution is 5.85. The first-order chi connectivity index (χ1) is 13.0. The van der Waals surface area contributed by atoms with Crippen molar-refractivity contribution in [2.75, 3.05) is 31.2 Å². The number of anilines is 1. The molecule has 2 saturated heterocycles. The predicted molar refractivity (Wildman–Crippen MR) is 95.6 cm³/mol. The Kier molecular flexibility index (Phi) is 4.59. The van der Waals surface area contributed by atoms with Crippen LogP contribution in [-0.2, 0) is 16.1 Å². The summed E-state index contributed by atoms with van der Waals surface area (Å²) in [6.45, 7) is 6.39. The van der Waals surface area contributed by atoms with Crippen LogP contribution in [0.25, 0.3) is 0 Å². The number of halogens is 1. The third kappa shape index (κ3) is 3.29. The first-order valence-corrected chi connectivity index (χ1v) is 9.17. The van der Waals surface area contributed by atoms with Crippen molar-refractivity contribution in [2.24, 2.45) is 11.3 Å². The van der Waals surface area contributed by atoms with Crippen LogP contribution in [0.1, 0.15) is 31.2 Å². The van der Waals surface area contributed by atoms with Crippen molar-refractivity contribution in [3.05, 3.63) is 41.5 Å². The lowest BCUT2D eigenvalue weighted by atomic mass is 9.80. The fourth-order valence-electron chi connectivity index (χ4n) is 3.75. The lowest BCUT2D eigenvalue weighted by Crippen LogP contribution is -2.46. The van der Waals surface area contributed by atoms with Crippen LogP contribution < -0.4 is 10.2 Å². The van der Waals surface area contributed by atoms with Gasteiger partial charge in [-0.2, -0.15) is 4.98 Å². The topological polar surface area (TPSA) is 80.5 Å². The third-order valence-electron chi connectivity index (χ3n) is 5.41. The second-order valence-electron chi connectivity index (χ2n) is 7.65. The van der Waals surface area contributed by atoms with Gasteiger partial charge in [0.1, 0.15) is 5.82 Å². The van der Waals surface area contributed by atoms with E-state index in [-0.39, 0.29) is 23.6 Å². The van der Waals surface area contributed by atoms with Crippen molar-refractivity contribution >= 4 is 11.9 Å². The van der Waals surface area contributed by atoms with Gasteiger partial charge in [0.15, 0.2) is 5.82 Å². The first kappa shape index (κ1) is 17.9. The summed E-state index contributed by atoms with van der Waals surface area (Å²) in [7, 11) is 0. The highest BCUT2D eigenvalue weighted by atomic mass is 19.1. The number of nitrogens with one attached hydrogen (secondary N) is 1. The molecule has 2 fully saturated rings. The van der Waals surface area contributed by atoms with Gasteiger partial charge in [-0.3, -0.25) is 4.79 Å². The molecule has 144 valence electrons. The molecule has 7 nitrogen and oxygen atoms in total. The number of rotatable bonds is 5. The summed E-state index contributed by atoms with van der Waals surface area (Å²) in [4.78, 5) is 19.4. The van der Waals surface area contributed by atoms with Crippen LogP contribution >= 0.6 is 0 Å². The average Bonchev–Trinajstić information content (AvgIpc) is 3.34. The Hall–Kier alpha value is -2.48. The summed E-state index contributed by atoms with van der Waals surface area (Å²) in [5.74, 6) is 0.564. The second kappa shape index (κ2) is 6.92. The fourth-order valence-corrected chi connectivity index (χ4v) is 3.75. The van der Waals surface area contributed by atoms with Gasteiger partial charge in [0, 0.05) is 31.5 Å². The van der Waals surface area contributed by atoms with Crippen molar-refractivity contribution in [2.45, 2.75) is 26.3 Å². The molecule has 1 amide bonds. The standard InChI is InChI=1S/C19H23FN4O3/c1-12(2)16-22-18(27-23-16)24-8-14-9-26-11-19(14,10-24)17(25)21-7-13-3-5-15(20)6-4-13/h3-6,12,14H,7-11H2,1-2H3,(H,21,25)/t14-,19-/m0/s1. The van der Waals surface area contributed by atoms with Crippen LogP contribution in [-0.4, -0.2) is 42.4 Å². The molecule has 0 aliphatic carbocycles. The third-order valence-corrected chi connectivity index (χ3v) is 5.41. The van der Waals surface area contributed by atoms with Gasteiger partial charge in [-0.15, -0.1) is 0 Å². The van der Waals surface area contributed by atoms with Crippen LogP contribution in [0.3, 0.4) is 0 Å². The minimum atomic E-state index is -0.632. The molecule has 2 aromatic rings. The molecule has 3 heterocycles. The van der Waals surface area contributed by atoms with Crippen LogP contribution in [0.2, 0.25) is 0 Å². The van der Waals surface area contributed by atoms with Crippen molar-refractivity contribution in [1.29, 1.82) is 0 Å². The molecule has 0 bridgehead atoms. The number of amides is 1. The zero-order valence-electron chi connectivity index (χ0n) is 15.4. The number of ether oxygens (including phenoxy) is 1. The van der Waals surface area contributed by atoms with E-state index in [1.165, 1.54) is 12.1 Å². The summed E-state index contributed by atoms with van der Waals surface area (Å²) in [6, 6.07) is 6.57. The quantitative estimate of drug-likeness (QED) is 0.863. The van der Waals surface area contributed by atoms with Gasteiger partial charge in [0.05, 0.1) is 18.6 Å². The van der Waals surface area contributed by atoms with Crippen LogP contribution in [0, 0.1) is 17.2 Å². The molecular formula is C19H23FN4O3. The SMILES string of the molecule is CC(C)c1noc(N2C[C@H]3COC[C@@]3(C(=O)NCc3ccc(F)cc3)C2)n1. The Morgan fingerprint density at radius 1 is 1.41 bits per heavy atom. The van der Waals surface area contributed by atoms with Gasteiger partial charge < -0.3 is 19.5 Å². The molecule has 1 aromatic heterocycles. The zero-order valence-corrected chi connectivity index (χ0v) is 15.4. The predicted octanol–water partition coefficient (Wildman–Crippen LogP) is 2.10. The fraction of sp³-hybridized carbons (Fsp3) is 0.526. The molecular weight excluding hydrogens is 351 g/mol. The largest absolute Gasteiger partial charge is 0.380 e. The number of hydrogen-bond donors (Lipinski definition) is 1. The summed E-state index contributed by atoms with van der Waals surface area (Å²) in [5, 5.41) is 7.00. The molecule has 4 rings (SSSR count). The van der Waals surface area contributed by atoms with Crippen molar-refractivity contribution < 1.29 is 18.4 Å². The van der Waals surface area contributed by atoms with Crippen molar-refractivity contribution in [1.82, 2.24) is 15.5 Å². The van der Waals surface area contributed by atoms with Crippen molar-refractivity contribution in [3.63, 3.8) is 0 Å². The molecule has 2 aliphatic rings. The highest BCUT2D eigenvalue weighted by Crippen LogP contribution is 2.43. The van der Waals surface area contributed by atoms with Crippen LogP contribution in [0.15, 0.2) is 28.8 Å². The normalized spacial score (nSPS) is 24.4. The minimum absolute atomic E-state index is 0.0552. The van der Waals surface area contributed by atoms with E-state index in [1.54, 1.807) is 12.1 Å². The number of carbonyl (C=O) groups excluding carboxylic acids is 1. The maximum absolute atomic E-state index is 13.0. The summed E-state index contributed by atoms with van der Waals surface area (Å²) >= 11 is 0. The van der Waals surface area contributed by atoms with Crippen LogP contribution in [0.4, 0.5) is 10.4 Å². The average molecular weight is 374 g/mol. The van der Waals surface area contributed by atoms with E-state index < -0.39 is 5.41 Å². The maximum atomic E-state index is 13.0. The van der Waals surface area contributed by atoms with E-state index in [4.69, 9.17) is 9.26 Å². The molecule has 0 saturated carbocycles. The number of nitrogens with zero attached hydrogens (tertiary/aromatic N) is 3. The highest BCUT2D eigenvalue weighted by Gasteiger charge is 2.56. The van der Waals surface area contributed by atoms with E-state index in [1.807, 2.05) is 18.7 Å². The Balaban J connectivity index is 1.46. The van der Waals surface area contributed by atoms with E-state index in [0.29, 0.717) is 44.7 Å². The Bertz CT molecular complexity index is 823. The molecule has 0 unspecified atom stereocenters. The lowest BCUT2D eigenvalue weighted by Gasteiger charge is -2.25. The minimum Gasteiger partial charge on any atom is -0.380 e.